The van der Waals surface area contributed by atoms with Crippen molar-refractivity contribution in [1.82, 2.24) is 10.6 Å². The number of aliphatic imine (C=N–C) groups is 1. The van der Waals surface area contributed by atoms with Gasteiger partial charge in [-0.25, -0.2) is 0 Å². The lowest BCUT2D eigenvalue weighted by Gasteiger charge is -2.25. The van der Waals surface area contributed by atoms with Gasteiger partial charge < -0.3 is 20.1 Å². The molecular weight excluding hydrogens is 370 g/mol. The van der Waals surface area contributed by atoms with Crippen LogP contribution < -0.4 is 15.4 Å². The van der Waals surface area contributed by atoms with Crippen LogP contribution in [-0.4, -0.2) is 45.4 Å². The smallest absolute Gasteiger partial charge is 0.191 e. The van der Waals surface area contributed by atoms with Gasteiger partial charge in [0.2, 0.25) is 0 Å². The van der Waals surface area contributed by atoms with Gasteiger partial charge in [-0.2, -0.15) is 0 Å². The molecule has 0 bridgehead atoms. The maximum atomic E-state index is 5.70. The SMILES string of the molecule is Br.COCCN=C(NCCOc1ccccc1)NC1CCCCC1. The predicted octanol–water partition coefficient (Wildman–Crippen LogP) is 3.16. The number of hydrogen-bond acceptors (Lipinski definition) is 3. The summed E-state index contributed by atoms with van der Waals surface area (Å²) in [7, 11) is 1.70. The van der Waals surface area contributed by atoms with Gasteiger partial charge in [0.15, 0.2) is 5.96 Å². The summed E-state index contributed by atoms with van der Waals surface area (Å²) in [4.78, 5) is 4.57. The largest absolute Gasteiger partial charge is 0.492 e. The minimum Gasteiger partial charge on any atom is -0.492 e. The van der Waals surface area contributed by atoms with Crippen LogP contribution in [0.15, 0.2) is 35.3 Å². The number of benzene rings is 1. The van der Waals surface area contributed by atoms with Crippen molar-refractivity contribution in [3.63, 3.8) is 0 Å². The van der Waals surface area contributed by atoms with Crippen LogP contribution in [-0.2, 0) is 4.74 Å². The van der Waals surface area contributed by atoms with Gasteiger partial charge in [-0.05, 0) is 25.0 Å². The van der Waals surface area contributed by atoms with Crippen molar-refractivity contribution in [2.45, 2.75) is 38.1 Å². The van der Waals surface area contributed by atoms with Crippen molar-refractivity contribution in [1.29, 1.82) is 0 Å². The van der Waals surface area contributed by atoms with E-state index in [-0.39, 0.29) is 17.0 Å². The summed E-state index contributed by atoms with van der Waals surface area (Å²) in [6.45, 7) is 2.64. The molecule has 24 heavy (non-hydrogen) atoms. The number of methoxy groups -OCH3 is 1. The van der Waals surface area contributed by atoms with Gasteiger partial charge in [-0.15, -0.1) is 17.0 Å². The van der Waals surface area contributed by atoms with Crippen LogP contribution in [0.4, 0.5) is 0 Å². The molecule has 1 aromatic rings. The van der Waals surface area contributed by atoms with Crippen LogP contribution in [0, 0.1) is 0 Å². The summed E-state index contributed by atoms with van der Waals surface area (Å²) in [5.74, 6) is 1.76. The van der Waals surface area contributed by atoms with Crippen LogP contribution >= 0.6 is 17.0 Å². The van der Waals surface area contributed by atoms with E-state index in [1.807, 2.05) is 30.3 Å². The Kier molecular flexibility index (Phi) is 11.3. The predicted molar refractivity (Wildman–Crippen MR) is 104 cm³/mol. The van der Waals surface area contributed by atoms with Crippen LogP contribution in [0.25, 0.3) is 0 Å². The van der Waals surface area contributed by atoms with E-state index in [2.05, 4.69) is 15.6 Å². The van der Waals surface area contributed by atoms with E-state index in [0.29, 0.717) is 25.8 Å². The van der Waals surface area contributed by atoms with Crippen LogP contribution in [0.2, 0.25) is 0 Å². The Labute approximate surface area is 156 Å². The van der Waals surface area contributed by atoms with Gasteiger partial charge in [0.05, 0.1) is 19.7 Å². The first-order valence-electron chi connectivity index (χ1n) is 8.60. The number of halogens is 1. The number of guanidine groups is 1. The Hall–Kier alpha value is -1.27. The molecule has 0 amide bonds. The van der Waals surface area contributed by atoms with Gasteiger partial charge in [0.1, 0.15) is 12.4 Å². The number of hydrogen-bond donors (Lipinski definition) is 2. The number of nitrogens with one attached hydrogen (secondary N) is 2. The Bertz CT molecular complexity index is 451. The van der Waals surface area contributed by atoms with Gasteiger partial charge in [0, 0.05) is 13.2 Å². The lowest BCUT2D eigenvalue weighted by molar-refractivity contribution is 0.207. The molecule has 1 saturated carbocycles. The number of ether oxygens (including phenoxy) is 2. The monoisotopic (exact) mass is 399 g/mol. The third-order valence-electron chi connectivity index (χ3n) is 3.92. The quantitative estimate of drug-likeness (QED) is 0.400. The Morgan fingerprint density at radius 3 is 2.58 bits per heavy atom. The normalized spacial score (nSPS) is 15.5. The Morgan fingerprint density at radius 1 is 1.12 bits per heavy atom. The van der Waals surface area contributed by atoms with Crippen molar-refractivity contribution in [3.8, 4) is 5.75 Å². The van der Waals surface area contributed by atoms with Crippen molar-refractivity contribution >= 4 is 22.9 Å². The van der Waals surface area contributed by atoms with E-state index < -0.39 is 0 Å². The first-order chi connectivity index (χ1) is 11.4. The third kappa shape index (κ3) is 8.55. The maximum Gasteiger partial charge on any atom is 0.191 e. The average Bonchev–Trinajstić information content (AvgIpc) is 2.60. The molecule has 0 saturated heterocycles. The first-order valence-corrected chi connectivity index (χ1v) is 8.60. The number of nitrogens with zero attached hydrogens (tertiary/aromatic N) is 1. The summed E-state index contributed by atoms with van der Waals surface area (Å²) in [5.41, 5.74) is 0. The molecule has 0 heterocycles. The van der Waals surface area contributed by atoms with E-state index in [0.717, 1.165) is 18.3 Å². The molecule has 0 spiro atoms. The molecule has 5 nitrogen and oxygen atoms in total. The highest BCUT2D eigenvalue weighted by atomic mass is 79.9. The number of para-hydroxylation sites is 1. The molecule has 1 aliphatic rings. The number of rotatable bonds is 8. The second kappa shape index (κ2) is 13.1. The zero-order valence-corrected chi connectivity index (χ0v) is 16.2. The molecule has 0 unspecified atom stereocenters. The first kappa shape index (κ1) is 20.8. The molecule has 2 rings (SSSR count). The van der Waals surface area contributed by atoms with Crippen LogP contribution in [0.5, 0.6) is 5.75 Å². The van der Waals surface area contributed by atoms with Crippen molar-refractivity contribution in [2.75, 3.05) is 33.4 Å². The van der Waals surface area contributed by atoms with Gasteiger partial charge in [-0.3, -0.25) is 4.99 Å². The maximum absolute atomic E-state index is 5.70. The molecule has 6 heteroatoms. The summed E-state index contributed by atoms with van der Waals surface area (Å²) < 4.78 is 10.8. The molecule has 0 aliphatic heterocycles. The van der Waals surface area contributed by atoms with Crippen LogP contribution in [0.1, 0.15) is 32.1 Å². The summed E-state index contributed by atoms with van der Waals surface area (Å²) >= 11 is 0. The van der Waals surface area contributed by atoms with Gasteiger partial charge in [0.25, 0.3) is 0 Å². The minimum absolute atomic E-state index is 0. The molecule has 2 N–H and O–H groups in total. The van der Waals surface area contributed by atoms with E-state index in [4.69, 9.17) is 9.47 Å². The van der Waals surface area contributed by atoms with E-state index in [9.17, 15) is 0 Å². The summed E-state index contributed by atoms with van der Waals surface area (Å²) in [5, 5.41) is 6.90. The zero-order chi connectivity index (χ0) is 16.2. The second-order valence-electron chi connectivity index (χ2n) is 5.79. The zero-order valence-electron chi connectivity index (χ0n) is 14.5. The molecule has 0 radical (unpaired) electrons. The highest BCUT2D eigenvalue weighted by Crippen LogP contribution is 2.17. The van der Waals surface area contributed by atoms with E-state index >= 15 is 0 Å². The summed E-state index contributed by atoms with van der Waals surface area (Å²) in [6, 6.07) is 10.4. The van der Waals surface area contributed by atoms with E-state index in [1.54, 1.807) is 7.11 Å². The molecule has 1 aromatic carbocycles. The fraction of sp³-hybridized carbons (Fsp3) is 0.611. The Morgan fingerprint density at radius 2 is 1.88 bits per heavy atom. The van der Waals surface area contributed by atoms with Gasteiger partial charge >= 0.3 is 0 Å². The highest BCUT2D eigenvalue weighted by molar-refractivity contribution is 8.93. The molecule has 136 valence electrons. The lowest BCUT2D eigenvalue weighted by Crippen LogP contribution is -2.45. The molecule has 0 aromatic heterocycles. The molecule has 1 fully saturated rings. The van der Waals surface area contributed by atoms with Crippen molar-refractivity contribution in [2.24, 2.45) is 4.99 Å². The van der Waals surface area contributed by atoms with Crippen LogP contribution in [0.3, 0.4) is 0 Å². The Balaban J connectivity index is 0.00000288. The minimum atomic E-state index is 0. The van der Waals surface area contributed by atoms with Gasteiger partial charge in [-0.1, -0.05) is 37.5 Å². The standard InChI is InChI=1S/C18H29N3O2.BrH/c1-22-14-12-19-18(21-16-8-4-2-5-9-16)20-13-15-23-17-10-6-3-7-11-17;/h3,6-7,10-11,16H,2,4-5,8-9,12-15H2,1H3,(H2,19,20,21);1H. The second-order valence-corrected chi connectivity index (χ2v) is 5.79. The lowest BCUT2D eigenvalue weighted by atomic mass is 9.96. The van der Waals surface area contributed by atoms with Crippen molar-refractivity contribution < 1.29 is 9.47 Å². The van der Waals surface area contributed by atoms with E-state index in [1.165, 1.54) is 32.1 Å². The average molecular weight is 400 g/mol. The molecule has 1 aliphatic carbocycles. The molecule has 0 atom stereocenters. The fourth-order valence-electron chi connectivity index (χ4n) is 2.70. The third-order valence-corrected chi connectivity index (χ3v) is 3.92. The van der Waals surface area contributed by atoms with Crippen molar-refractivity contribution in [3.05, 3.63) is 30.3 Å². The highest BCUT2D eigenvalue weighted by Gasteiger charge is 2.14. The molecular formula is C18H30BrN3O2. The summed E-state index contributed by atoms with van der Waals surface area (Å²) in [6.07, 6.45) is 6.42. The fourth-order valence-corrected chi connectivity index (χ4v) is 2.70. The topological polar surface area (TPSA) is 54.9 Å².